The summed E-state index contributed by atoms with van der Waals surface area (Å²) in [6.07, 6.45) is 3.22. The van der Waals surface area contributed by atoms with Gasteiger partial charge >= 0.3 is 0 Å². The maximum absolute atomic E-state index is 5.64. The fourth-order valence-electron chi connectivity index (χ4n) is 2.03. The number of hydrazine groups is 1. The number of benzene rings is 1. The average molecular weight is 324 g/mol. The van der Waals surface area contributed by atoms with Gasteiger partial charge in [-0.25, -0.2) is 4.98 Å². The molecule has 1 aromatic carbocycles. The van der Waals surface area contributed by atoms with Gasteiger partial charge in [0.25, 0.3) is 0 Å². The Balaban J connectivity index is 2.02. The normalized spacial score (nSPS) is 12.6. The second-order valence-corrected chi connectivity index (χ2v) is 5.31. The summed E-state index contributed by atoms with van der Waals surface area (Å²) in [7, 11) is 0. The highest BCUT2D eigenvalue weighted by molar-refractivity contribution is 9.10. The van der Waals surface area contributed by atoms with Gasteiger partial charge in [0.05, 0.1) is 0 Å². The molecule has 2 rings (SSSR count). The van der Waals surface area contributed by atoms with Crippen molar-refractivity contribution in [1.82, 2.24) is 20.2 Å². The standard InChI is InChI=1S/C13H18BrN5/c1-2-19-13(16-9-17-19)8-12(18-15)7-10-3-5-11(14)6-4-10/h3-6,9,12,18H,2,7-8,15H2,1H3. The molecule has 0 aliphatic rings. The van der Waals surface area contributed by atoms with Gasteiger partial charge in [0.1, 0.15) is 12.2 Å². The summed E-state index contributed by atoms with van der Waals surface area (Å²) in [6.45, 7) is 2.88. The lowest BCUT2D eigenvalue weighted by molar-refractivity contribution is 0.490. The molecule has 1 aromatic heterocycles. The van der Waals surface area contributed by atoms with Gasteiger partial charge in [-0.3, -0.25) is 16.0 Å². The van der Waals surface area contributed by atoms with Gasteiger partial charge in [-0.05, 0) is 31.0 Å². The summed E-state index contributed by atoms with van der Waals surface area (Å²) in [6, 6.07) is 8.42. The quantitative estimate of drug-likeness (QED) is 0.627. The van der Waals surface area contributed by atoms with Crippen molar-refractivity contribution in [2.75, 3.05) is 0 Å². The summed E-state index contributed by atoms with van der Waals surface area (Å²) in [5.74, 6) is 6.60. The Morgan fingerprint density at radius 3 is 2.68 bits per heavy atom. The zero-order valence-corrected chi connectivity index (χ0v) is 12.5. The monoisotopic (exact) mass is 323 g/mol. The van der Waals surface area contributed by atoms with Crippen molar-refractivity contribution in [2.24, 2.45) is 5.84 Å². The molecule has 2 aromatic rings. The van der Waals surface area contributed by atoms with Crippen molar-refractivity contribution in [3.8, 4) is 0 Å². The minimum atomic E-state index is 0.149. The van der Waals surface area contributed by atoms with Crippen LogP contribution in [-0.4, -0.2) is 20.8 Å². The van der Waals surface area contributed by atoms with E-state index in [9.17, 15) is 0 Å². The third kappa shape index (κ3) is 3.86. The molecule has 0 aliphatic carbocycles. The van der Waals surface area contributed by atoms with Crippen LogP contribution in [0.5, 0.6) is 0 Å². The largest absolute Gasteiger partial charge is 0.271 e. The number of rotatable bonds is 6. The predicted molar refractivity (Wildman–Crippen MR) is 78.4 cm³/mol. The van der Waals surface area contributed by atoms with Crippen molar-refractivity contribution in [1.29, 1.82) is 0 Å². The van der Waals surface area contributed by atoms with Crippen molar-refractivity contribution in [2.45, 2.75) is 32.4 Å². The summed E-state index contributed by atoms with van der Waals surface area (Å²) in [5, 5.41) is 4.17. The summed E-state index contributed by atoms with van der Waals surface area (Å²) >= 11 is 3.43. The SMILES string of the molecule is CCn1ncnc1CC(Cc1ccc(Br)cc1)NN. The van der Waals surface area contributed by atoms with Crippen molar-refractivity contribution in [3.05, 3.63) is 46.5 Å². The first-order valence-electron chi connectivity index (χ1n) is 6.30. The Bertz CT molecular complexity index is 508. The van der Waals surface area contributed by atoms with Crippen LogP contribution in [0.1, 0.15) is 18.3 Å². The van der Waals surface area contributed by atoms with Crippen LogP contribution >= 0.6 is 15.9 Å². The molecule has 3 N–H and O–H groups in total. The van der Waals surface area contributed by atoms with Gasteiger partial charge in [-0.2, -0.15) is 5.10 Å². The summed E-state index contributed by atoms with van der Waals surface area (Å²) in [5.41, 5.74) is 4.11. The number of nitrogens with two attached hydrogens (primary N) is 1. The highest BCUT2D eigenvalue weighted by Gasteiger charge is 2.12. The molecule has 102 valence electrons. The Morgan fingerprint density at radius 1 is 1.32 bits per heavy atom. The maximum atomic E-state index is 5.64. The molecule has 0 amide bonds. The molecule has 6 heteroatoms. The minimum absolute atomic E-state index is 0.149. The zero-order chi connectivity index (χ0) is 13.7. The molecule has 1 heterocycles. The van der Waals surface area contributed by atoms with Crippen LogP contribution < -0.4 is 11.3 Å². The van der Waals surface area contributed by atoms with E-state index in [0.717, 1.165) is 29.7 Å². The topological polar surface area (TPSA) is 68.8 Å². The number of hydrogen-bond acceptors (Lipinski definition) is 4. The maximum Gasteiger partial charge on any atom is 0.138 e. The molecule has 0 aliphatic heterocycles. The molecular weight excluding hydrogens is 306 g/mol. The first-order valence-corrected chi connectivity index (χ1v) is 7.09. The van der Waals surface area contributed by atoms with Crippen LogP contribution in [-0.2, 0) is 19.4 Å². The van der Waals surface area contributed by atoms with E-state index in [1.165, 1.54) is 5.56 Å². The van der Waals surface area contributed by atoms with E-state index in [-0.39, 0.29) is 6.04 Å². The number of nitrogens with zero attached hydrogens (tertiary/aromatic N) is 3. The molecule has 0 saturated carbocycles. The lowest BCUT2D eigenvalue weighted by Crippen LogP contribution is -2.39. The first kappa shape index (κ1) is 14.2. The van der Waals surface area contributed by atoms with Gasteiger partial charge in [-0.1, -0.05) is 28.1 Å². The molecule has 1 atom stereocenters. The molecule has 0 saturated heterocycles. The number of aromatic nitrogens is 3. The summed E-state index contributed by atoms with van der Waals surface area (Å²) in [4.78, 5) is 4.28. The molecular formula is C13H18BrN5. The number of halogens is 1. The van der Waals surface area contributed by atoms with E-state index < -0.39 is 0 Å². The number of aryl methyl sites for hydroxylation is 1. The van der Waals surface area contributed by atoms with E-state index in [1.807, 2.05) is 16.8 Å². The third-order valence-electron chi connectivity index (χ3n) is 3.06. The van der Waals surface area contributed by atoms with Crippen LogP contribution in [0, 0.1) is 0 Å². The van der Waals surface area contributed by atoms with Gasteiger partial charge in [0.15, 0.2) is 0 Å². The van der Waals surface area contributed by atoms with E-state index in [0.29, 0.717) is 0 Å². The van der Waals surface area contributed by atoms with Crippen LogP contribution in [0.2, 0.25) is 0 Å². The van der Waals surface area contributed by atoms with Crippen molar-refractivity contribution >= 4 is 15.9 Å². The van der Waals surface area contributed by atoms with E-state index in [4.69, 9.17) is 5.84 Å². The van der Waals surface area contributed by atoms with E-state index in [1.54, 1.807) is 6.33 Å². The molecule has 0 spiro atoms. The van der Waals surface area contributed by atoms with Gasteiger partial charge in [-0.15, -0.1) is 0 Å². The highest BCUT2D eigenvalue weighted by Crippen LogP contribution is 2.13. The Hall–Kier alpha value is -1.24. The van der Waals surface area contributed by atoms with E-state index >= 15 is 0 Å². The molecule has 1 unspecified atom stereocenters. The van der Waals surface area contributed by atoms with Gasteiger partial charge in [0, 0.05) is 23.5 Å². The fourth-order valence-corrected chi connectivity index (χ4v) is 2.29. The van der Waals surface area contributed by atoms with Crippen LogP contribution in [0.3, 0.4) is 0 Å². The fraction of sp³-hybridized carbons (Fsp3) is 0.385. The van der Waals surface area contributed by atoms with Crippen LogP contribution in [0.25, 0.3) is 0 Å². The smallest absolute Gasteiger partial charge is 0.138 e. The molecule has 5 nitrogen and oxygen atoms in total. The molecule has 0 fully saturated rings. The highest BCUT2D eigenvalue weighted by atomic mass is 79.9. The second kappa shape index (κ2) is 6.79. The molecule has 19 heavy (non-hydrogen) atoms. The molecule has 0 radical (unpaired) electrons. The van der Waals surface area contributed by atoms with Crippen LogP contribution in [0.15, 0.2) is 35.1 Å². The lowest BCUT2D eigenvalue weighted by Gasteiger charge is -2.15. The first-order chi connectivity index (χ1) is 9.22. The Kier molecular flexibility index (Phi) is 5.07. The average Bonchev–Trinajstić information content (AvgIpc) is 2.87. The van der Waals surface area contributed by atoms with Gasteiger partial charge < -0.3 is 0 Å². The zero-order valence-electron chi connectivity index (χ0n) is 10.9. The second-order valence-electron chi connectivity index (χ2n) is 4.39. The lowest BCUT2D eigenvalue weighted by atomic mass is 10.0. The van der Waals surface area contributed by atoms with Crippen LogP contribution in [0.4, 0.5) is 0 Å². The summed E-state index contributed by atoms with van der Waals surface area (Å²) < 4.78 is 2.98. The Morgan fingerprint density at radius 2 is 2.05 bits per heavy atom. The van der Waals surface area contributed by atoms with Gasteiger partial charge in [0.2, 0.25) is 0 Å². The predicted octanol–water partition coefficient (Wildman–Crippen LogP) is 1.68. The Labute approximate surface area is 121 Å². The van der Waals surface area contributed by atoms with E-state index in [2.05, 4.69) is 50.5 Å². The number of hydrogen-bond donors (Lipinski definition) is 2. The van der Waals surface area contributed by atoms with Crippen molar-refractivity contribution in [3.63, 3.8) is 0 Å². The minimum Gasteiger partial charge on any atom is -0.271 e. The molecule has 0 bridgehead atoms. The third-order valence-corrected chi connectivity index (χ3v) is 3.58. The number of nitrogens with one attached hydrogen (secondary N) is 1. The van der Waals surface area contributed by atoms with Crippen molar-refractivity contribution < 1.29 is 0 Å².